The molecule has 0 amide bonds. The quantitative estimate of drug-likeness (QED) is 0.793. The minimum atomic E-state index is -3.22. The highest BCUT2D eigenvalue weighted by Crippen LogP contribution is 2.15. The van der Waals surface area contributed by atoms with Crippen LogP contribution in [0.4, 0.5) is 0 Å². The first-order valence-corrected chi connectivity index (χ1v) is 7.76. The molecule has 102 valence electrons. The van der Waals surface area contributed by atoms with Gasteiger partial charge < -0.3 is 5.11 Å². The lowest BCUT2D eigenvalue weighted by Gasteiger charge is -2.12. The molecule has 1 rings (SSSR count). The van der Waals surface area contributed by atoms with Crippen LogP contribution >= 0.6 is 0 Å². The van der Waals surface area contributed by atoms with Crippen molar-refractivity contribution in [3.8, 4) is 0 Å². The van der Waals surface area contributed by atoms with Crippen LogP contribution in [0.5, 0.6) is 0 Å². The van der Waals surface area contributed by atoms with E-state index in [0.717, 1.165) is 5.56 Å². The fourth-order valence-corrected chi connectivity index (χ4v) is 3.12. The highest BCUT2D eigenvalue weighted by molar-refractivity contribution is 7.89. The average molecular weight is 271 g/mol. The Kier molecular flexibility index (Phi) is 5.78. The number of aliphatic hydroxyl groups is 1. The van der Waals surface area contributed by atoms with Crippen molar-refractivity contribution in [2.45, 2.75) is 26.4 Å². The number of hydrogen-bond donors (Lipinski definition) is 2. The Balaban J connectivity index is 2.38. The topological polar surface area (TPSA) is 66.4 Å². The van der Waals surface area contributed by atoms with Crippen molar-refractivity contribution in [3.05, 3.63) is 35.9 Å². The van der Waals surface area contributed by atoms with Gasteiger partial charge in [0.2, 0.25) is 10.0 Å². The van der Waals surface area contributed by atoms with Crippen molar-refractivity contribution in [2.24, 2.45) is 5.92 Å². The summed E-state index contributed by atoms with van der Waals surface area (Å²) in [6.45, 7) is 3.97. The largest absolute Gasteiger partial charge is 0.388 e. The standard InChI is InChI=1S/C13H21NO3S/c1-11(2)10-18(16,17)14-9-8-13(15)12-6-4-3-5-7-12/h3-7,11,13-15H,8-10H2,1-2H3. The van der Waals surface area contributed by atoms with E-state index in [0.29, 0.717) is 6.42 Å². The van der Waals surface area contributed by atoms with E-state index in [1.54, 1.807) is 0 Å². The van der Waals surface area contributed by atoms with Crippen LogP contribution in [-0.2, 0) is 10.0 Å². The van der Waals surface area contributed by atoms with Gasteiger partial charge in [0.1, 0.15) is 0 Å². The lowest BCUT2D eigenvalue weighted by molar-refractivity contribution is 0.169. The molecule has 0 aromatic heterocycles. The summed E-state index contributed by atoms with van der Waals surface area (Å²) in [7, 11) is -3.22. The van der Waals surface area contributed by atoms with Crippen molar-refractivity contribution < 1.29 is 13.5 Å². The molecule has 0 aliphatic heterocycles. The normalized spacial score (nSPS) is 13.8. The van der Waals surface area contributed by atoms with Gasteiger partial charge in [-0.05, 0) is 17.9 Å². The van der Waals surface area contributed by atoms with Crippen LogP contribution in [0.2, 0.25) is 0 Å². The molecule has 1 aromatic rings. The van der Waals surface area contributed by atoms with Crippen molar-refractivity contribution in [1.82, 2.24) is 4.72 Å². The predicted octanol–water partition coefficient (Wildman–Crippen LogP) is 1.69. The van der Waals surface area contributed by atoms with Crippen LogP contribution in [0, 0.1) is 5.92 Å². The summed E-state index contributed by atoms with van der Waals surface area (Å²) in [6.07, 6.45) is -0.255. The Bertz CT molecular complexity index is 443. The maximum absolute atomic E-state index is 11.6. The third kappa shape index (κ3) is 5.62. The van der Waals surface area contributed by atoms with Crippen molar-refractivity contribution in [2.75, 3.05) is 12.3 Å². The first-order chi connectivity index (χ1) is 8.41. The Hall–Kier alpha value is -0.910. The SMILES string of the molecule is CC(C)CS(=O)(=O)NCCC(O)c1ccccc1. The highest BCUT2D eigenvalue weighted by Gasteiger charge is 2.13. The Morgan fingerprint density at radius 1 is 1.22 bits per heavy atom. The molecule has 1 aromatic carbocycles. The minimum absolute atomic E-state index is 0.0987. The lowest BCUT2D eigenvalue weighted by atomic mass is 10.1. The molecule has 4 nitrogen and oxygen atoms in total. The van der Waals surface area contributed by atoms with Crippen LogP contribution in [0.15, 0.2) is 30.3 Å². The zero-order chi connectivity index (χ0) is 13.6. The van der Waals surface area contributed by atoms with Crippen LogP contribution < -0.4 is 4.72 Å². The number of hydrogen-bond acceptors (Lipinski definition) is 3. The molecule has 1 unspecified atom stereocenters. The second-order valence-corrected chi connectivity index (χ2v) is 6.64. The van der Waals surface area contributed by atoms with E-state index in [2.05, 4.69) is 4.72 Å². The molecule has 2 N–H and O–H groups in total. The first kappa shape index (κ1) is 15.1. The fraction of sp³-hybridized carbons (Fsp3) is 0.538. The van der Waals surface area contributed by atoms with Gasteiger partial charge in [-0.25, -0.2) is 13.1 Å². The second kappa shape index (κ2) is 6.87. The minimum Gasteiger partial charge on any atom is -0.388 e. The summed E-state index contributed by atoms with van der Waals surface area (Å²) in [4.78, 5) is 0. The van der Waals surface area contributed by atoms with Crippen LogP contribution in [-0.4, -0.2) is 25.8 Å². The van der Waals surface area contributed by atoms with E-state index in [9.17, 15) is 13.5 Å². The summed E-state index contributed by atoms with van der Waals surface area (Å²) in [5, 5.41) is 9.86. The molecule has 0 radical (unpaired) electrons. The molecule has 0 bridgehead atoms. The number of sulfonamides is 1. The maximum atomic E-state index is 11.6. The Morgan fingerprint density at radius 2 is 1.83 bits per heavy atom. The Labute approximate surface area is 109 Å². The van der Waals surface area contributed by atoms with Gasteiger partial charge in [0.25, 0.3) is 0 Å². The molecular weight excluding hydrogens is 250 g/mol. The summed E-state index contributed by atoms with van der Waals surface area (Å²) < 4.78 is 25.6. The van der Waals surface area contributed by atoms with E-state index < -0.39 is 16.1 Å². The van der Waals surface area contributed by atoms with E-state index in [1.165, 1.54) is 0 Å². The molecule has 0 fully saturated rings. The second-order valence-electron chi connectivity index (χ2n) is 4.78. The molecule has 0 heterocycles. The van der Waals surface area contributed by atoms with Crippen LogP contribution in [0.25, 0.3) is 0 Å². The number of nitrogens with one attached hydrogen (secondary N) is 1. The molecule has 0 saturated carbocycles. The van der Waals surface area contributed by atoms with E-state index in [4.69, 9.17) is 0 Å². The van der Waals surface area contributed by atoms with Gasteiger partial charge in [-0.1, -0.05) is 44.2 Å². The maximum Gasteiger partial charge on any atom is 0.211 e. The third-order valence-corrected chi connectivity index (χ3v) is 4.23. The van der Waals surface area contributed by atoms with Gasteiger partial charge in [0.15, 0.2) is 0 Å². The average Bonchev–Trinajstić information content (AvgIpc) is 2.28. The summed E-state index contributed by atoms with van der Waals surface area (Å²) in [6, 6.07) is 9.23. The highest BCUT2D eigenvalue weighted by atomic mass is 32.2. The van der Waals surface area contributed by atoms with Crippen LogP contribution in [0.1, 0.15) is 31.9 Å². The van der Waals surface area contributed by atoms with Crippen molar-refractivity contribution in [1.29, 1.82) is 0 Å². The first-order valence-electron chi connectivity index (χ1n) is 6.11. The summed E-state index contributed by atoms with van der Waals surface area (Å²) in [5.74, 6) is 0.218. The molecule has 0 spiro atoms. The number of benzene rings is 1. The zero-order valence-electron chi connectivity index (χ0n) is 10.8. The smallest absolute Gasteiger partial charge is 0.211 e. The van der Waals surface area contributed by atoms with Crippen molar-refractivity contribution in [3.63, 3.8) is 0 Å². The molecule has 0 aliphatic carbocycles. The third-order valence-electron chi connectivity index (χ3n) is 2.48. The number of aliphatic hydroxyl groups excluding tert-OH is 1. The Morgan fingerprint density at radius 3 is 2.39 bits per heavy atom. The monoisotopic (exact) mass is 271 g/mol. The van der Waals surface area contributed by atoms with Gasteiger partial charge in [-0.2, -0.15) is 0 Å². The lowest BCUT2D eigenvalue weighted by Crippen LogP contribution is -2.30. The van der Waals surface area contributed by atoms with Gasteiger partial charge >= 0.3 is 0 Å². The summed E-state index contributed by atoms with van der Waals surface area (Å²) >= 11 is 0. The van der Waals surface area contributed by atoms with E-state index in [1.807, 2.05) is 44.2 Å². The predicted molar refractivity (Wildman–Crippen MR) is 72.6 cm³/mol. The van der Waals surface area contributed by atoms with Gasteiger partial charge in [-0.15, -0.1) is 0 Å². The molecule has 0 aliphatic rings. The van der Waals surface area contributed by atoms with E-state index >= 15 is 0 Å². The molecule has 5 heteroatoms. The molecule has 18 heavy (non-hydrogen) atoms. The van der Waals surface area contributed by atoms with E-state index in [-0.39, 0.29) is 18.2 Å². The zero-order valence-corrected chi connectivity index (χ0v) is 11.7. The number of rotatable bonds is 7. The summed E-state index contributed by atoms with van der Waals surface area (Å²) in [5.41, 5.74) is 0.806. The van der Waals surface area contributed by atoms with Crippen LogP contribution in [0.3, 0.4) is 0 Å². The van der Waals surface area contributed by atoms with Gasteiger partial charge in [-0.3, -0.25) is 0 Å². The molecular formula is C13H21NO3S. The fourth-order valence-electron chi connectivity index (χ4n) is 1.69. The van der Waals surface area contributed by atoms with Gasteiger partial charge in [0, 0.05) is 6.54 Å². The van der Waals surface area contributed by atoms with Gasteiger partial charge in [0.05, 0.1) is 11.9 Å². The molecule has 0 saturated heterocycles. The molecule has 1 atom stereocenters. The van der Waals surface area contributed by atoms with Crippen molar-refractivity contribution >= 4 is 10.0 Å².